The zero-order valence-corrected chi connectivity index (χ0v) is 22.7. The molecule has 6 fully saturated rings. The lowest BCUT2D eigenvalue weighted by Gasteiger charge is -2.60. The summed E-state index contributed by atoms with van der Waals surface area (Å²) < 4.78 is 12.3. The number of anilines is 2. The molecule has 2 aliphatic carbocycles. The van der Waals surface area contributed by atoms with Crippen molar-refractivity contribution in [3.05, 3.63) is 12.1 Å². The zero-order valence-electron chi connectivity index (χ0n) is 22.7. The zero-order chi connectivity index (χ0) is 24.4. The summed E-state index contributed by atoms with van der Waals surface area (Å²) in [6, 6.07) is 6.74. The molecule has 34 heavy (non-hydrogen) atoms. The summed E-state index contributed by atoms with van der Waals surface area (Å²) in [5.41, 5.74) is 2.40. The van der Waals surface area contributed by atoms with Crippen LogP contribution in [0.5, 0.6) is 11.5 Å². The van der Waals surface area contributed by atoms with Gasteiger partial charge in [0.15, 0.2) is 0 Å². The van der Waals surface area contributed by atoms with E-state index in [0.717, 1.165) is 22.9 Å². The number of ether oxygens (including phenoxy) is 2. The molecule has 6 aliphatic rings. The van der Waals surface area contributed by atoms with E-state index in [2.05, 4.69) is 73.7 Å². The van der Waals surface area contributed by atoms with E-state index in [1.165, 1.54) is 51.4 Å². The van der Waals surface area contributed by atoms with Gasteiger partial charge >= 0.3 is 0 Å². The monoisotopic (exact) mass is 470 g/mol. The van der Waals surface area contributed by atoms with Gasteiger partial charge in [-0.3, -0.25) is 10.0 Å². The van der Waals surface area contributed by atoms with Gasteiger partial charge in [0.2, 0.25) is 0 Å². The Morgan fingerprint density at radius 2 is 0.853 bits per heavy atom. The number of hydrazine groups is 2. The predicted molar refractivity (Wildman–Crippen MR) is 140 cm³/mol. The molecule has 4 heterocycles. The normalized spacial score (nSPS) is 30.2. The van der Waals surface area contributed by atoms with E-state index in [-0.39, 0.29) is 11.1 Å². The molecule has 4 aliphatic heterocycles. The van der Waals surface area contributed by atoms with Crippen LogP contribution in [0.2, 0.25) is 0 Å². The second-order valence-corrected chi connectivity index (χ2v) is 12.8. The first-order valence-electron chi connectivity index (χ1n) is 13.5. The summed E-state index contributed by atoms with van der Waals surface area (Å²) in [5.74, 6) is 1.90. The first-order valence-corrected chi connectivity index (χ1v) is 13.5. The largest absolute Gasteiger partial charge is 0.494 e. The van der Waals surface area contributed by atoms with Crippen molar-refractivity contribution in [3.8, 4) is 11.5 Å². The molecule has 1 aromatic rings. The number of hydrogen-bond acceptors (Lipinski definition) is 6. The second-order valence-electron chi connectivity index (χ2n) is 12.8. The fourth-order valence-corrected chi connectivity index (χ4v) is 7.39. The van der Waals surface area contributed by atoms with E-state index in [1.807, 2.05) is 14.2 Å². The minimum atomic E-state index is 0.0513. The summed E-state index contributed by atoms with van der Waals surface area (Å²) in [5, 5.41) is 10.4. The van der Waals surface area contributed by atoms with Crippen molar-refractivity contribution in [2.75, 3.05) is 24.2 Å². The van der Waals surface area contributed by atoms with Crippen LogP contribution in [0.15, 0.2) is 12.1 Å². The second kappa shape index (κ2) is 8.48. The van der Waals surface area contributed by atoms with Gasteiger partial charge in [-0.25, -0.2) is 10.0 Å². The van der Waals surface area contributed by atoms with Crippen molar-refractivity contribution in [2.45, 2.75) is 128 Å². The van der Waals surface area contributed by atoms with Gasteiger partial charge in [0.05, 0.1) is 25.6 Å². The summed E-state index contributed by atoms with van der Waals surface area (Å²) >= 11 is 0. The molecule has 6 heteroatoms. The van der Waals surface area contributed by atoms with Crippen LogP contribution < -0.4 is 19.5 Å². The average molecular weight is 471 g/mol. The van der Waals surface area contributed by atoms with Crippen molar-refractivity contribution in [2.24, 2.45) is 0 Å². The summed E-state index contributed by atoms with van der Waals surface area (Å²) in [6.45, 7) is 14.0. The molecule has 4 bridgehead atoms. The third-order valence-corrected chi connectivity index (χ3v) is 8.53. The highest BCUT2D eigenvalue weighted by molar-refractivity contribution is 5.73. The van der Waals surface area contributed by atoms with Gasteiger partial charge in [0.25, 0.3) is 0 Å². The maximum Gasteiger partial charge on any atom is 0.145 e. The molecule has 0 amide bonds. The first kappa shape index (κ1) is 24.1. The molecule has 0 unspecified atom stereocenters. The van der Waals surface area contributed by atoms with Gasteiger partial charge < -0.3 is 9.47 Å². The maximum atomic E-state index is 6.13. The average Bonchev–Trinajstić information content (AvgIpc) is 2.82. The number of hydrogen-bond donors (Lipinski definition) is 0. The molecule has 0 atom stereocenters. The lowest BCUT2D eigenvalue weighted by molar-refractivity contribution is -0.0159. The van der Waals surface area contributed by atoms with Gasteiger partial charge in [-0.05, 0) is 92.9 Å². The Morgan fingerprint density at radius 3 is 1.12 bits per heavy atom. The molecule has 0 radical (unpaired) electrons. The van der Waals surface area contributed by atoms with E-state index < -0.39 is 0 Å². The smallest absolute Gasteiger partial charge is 0.145 e. The molecule has 7 rings (SSSR count). The quantitative estimate of drug-likeness (QED) is 0.537. The van der Waals surface area contributed by atoms with Crippen LogP contribution in [0.1, 0.15) is 92.9 Å². The topological polar surface area (TPSA) is 31.4 Å². The number of rotatable bonds is 4. The lowest BCUT2D eigenvalue weighted by atomic mass is 9.84. The van der Waals surface area contributed by atoms with Crippen LogP contribution in [-0.4, -0.2) is 59.5 Å². The fraction of sp³-hybridized carbons (Fsp3) is 0.786. The van der Waals surface area contributed by atoms with Gasteiger partial charge in [0, 0.05) is 47.4 Å². The third kappa shape index (κ3) is 3.85. The van der Waals surface area contributed by atoms with Crippen LogP contribution in [-0.2, 0) is 0 Å². The minimum absolute atomic E-state index is 0.0513. The number of nitrogens with zero attached hydrogens (tertiary/aromatic N) is 4. The highest BCUT2D eigenvalue weighted by atomic mass is 16.5. The highest BCUT2D eigenvalue weighted by Crippen LogP contribution is 2.51. The van der Waals surface area contributed by atoms with Crippen LogP contribution in [0.3, 0.4) is 0 Å². The van der Waals surface area contributed by atoms with E-state index >= 15 is 0 Å². The Balaban J connectivity index is 1.61. The molecule has 4 saturated heterocycles. The van der Waals surface area contributed by atoms with Crippen molar-refractivity contribution >= 4 is 11.4 Å². The fourth-order valence-electron chi connectivity index (χ4n) is 7.39. The van der Waals surface area contributed by atoms with E-state index in [4.69, 9.17) is 9.47 Å². The first-order chi connectivity index (χ1) is 16.0. The predicted octanol–water partition coefficient (Wildman–Crippen LogP) is 6.00. The van der Waals surface area contributed by atoms with Crippen LogP contribution in [0, 0.1) is 0 Å². The molecular formula is C28H46N4O2. The van der Waals surface area contributed by atoms with E-state index in [1.54, 1.807) is 0 Å². The molecule has 1 aromatic carbocycles. The van der Waals surface area contributed by atoms with Gasteiger partial charge in [-0.15, -0.1) is 0 Å². The van der Waals surface area contributed by atoms with Crippen molar-refractivity contribution < 1.29 is 9.47 Å². The van der Waals surface area contributed by atoms with Gasteiger partial charge in [-0.2, -0.15) is 0 Å². The van der Waals surface area contributed by atoms with E-state index in [9.17, 15) is 0 Å². The highest BCUT2D eigenvalue weighted by Gasteiger charge is 2.48. The number of benzene rings is 1. The van der Waals surface area contributed by atoms with Crippen LogP contribution in [0.25, 0.3) is 0 Å². The molecule has 190 valence electrons. The maximum absolute atomic E-state index is 6.13. The van der Waals surface area contributed by atoms with Gasteiger partial charge in [0.1, 0.15) is 11.5 Å². The van der Waals surface area contributed by atoms with Crippen molar-refractivity contribution in [3.63, 3.8) is 0 Å². The van der Waals surface area contributed by atoms with Crippen LogP contribution in [0.4, 0.5) is 11.4 Å². The standard InChI is InChI=1S/C28H46N4O2/c1-27(2,3)31-21-13-9-19(10-14-21)29(31)23-17-26(34-8)24(18-25(23)33-7)30-20-11-15-22(16-12-20)32(30)28(4,5)6/h17-22H,9-16H2,1-8H3. The summed E-state index contributed by atoms with van der Waals surface area (Å²) in [4.78, 5) is 0. The minimum Gasteiger partial charge on any atom is -0.494 e. The number of fused-ring (bicyclic) bond motifs is 6. The molecule has 0 N–H and O–H groups in total. The molecule has 2 saturated carbocycles. The molecule has 0 spiro atoms. The molecule has 6 nitrogen and oxygen atoms in total. The van der Waals surface area contributed by atoms with Gasteiger partial charge in [-0.1, -0.05) is 0 Å². The molecular weight excluding hydrogens is 424 g/mol. The van der Waals surface area contributed by atoms with E-state index in [0.29, 0.717) is 24.2 Å². The number of methoxy groups -OCH3 is 2. The Labute approximate surface area is 207 Å². The SMILES string of the molecule is COc1cc(N2C3CCC(CC3)N2C(C)(C)C)c(OC)cc1N1C2CCC(CC2)N1C(C)(C)C. The Kier molecular flexibility index (Phi) is 6.00. The molecule has 0 aromatic heterocycles. The van der Waals surface area contributed by atoms with Crippen molar-refractivity contribution in [1.29, 1.82) is 0 Å². The summed E-state index contributed by atoms with van der Waals surface area (Å²) in [6.07, 6.45) is 10.1. The summed E-state index contributed by atoms with van der Waals surface area (Å²) in [7, 11) is 3.64. The third-order valence-electron chi connectivity index (χ3n) is 8.53. The Bertz CT molecular complexity index is 815. The Hall–Kier alpha value is -1.66. The lowest BCUT2D eigenvalue weighted by Crippen LogP contribution is -2.67. The Morgan fingerprint density at radius 1 is 0.559 bits per heavy atom. The van der Waals surface area contributed by atoms with Crippen molar-refractivity contribution in [1.82, 2.24) is 10.0 Å². The van der Waals surface area contributed by atoms with Crippen LogP contribution >= 0.6 is 0 Å².